The Hall–Kier alpha value is -3.00. The van der Waals surface area contributed by atoms with Crippen LogP contribution >= 0.6 is 0 Å². The third kappa shape index (κ3) is 4.31. The molecule has 0 bridgehead atoms. The minimum absolute atomic E-state index is 0.0800. The summed E-state index contributed by atoms with van der Waals surface area (Å²) in [5.41, 5.74) is 3.16. The fourth-order valence-corrected chi connectivity index (χ4v) is 4.64. The summed E-state index contributed by atoms with van der Waals surface area (Å²) in [6, 6.07) is 3.40. The zero-order chi connectivity index (χ0) is 23.1. The van der Waals surface area contributed by atoms with Gasteiger partial charge in [0.1, 0.15) is 29.1 Å². The van der Waals surface area contributed by atoms with E-state index in [9.17, 15) is 9.90 Å². The molecule has 2 fully saturated rings. The van der Waals surface area contributed by atoms with E-state index in [0.717, 1.165) is 32.1 Å². The number of hydrogen-bond acceptors (Lipinski definition) is 5. The van der Waals surface area contributed by atoms with Crippen LogP contribution in [0.15, 0.2) is 18.5 Å². The van der Waals surface area contributed by atoms with Crippen LogP contribution in [-0.2, 0) is 0 Å². The number of ether oxygens (including phenoxy) is 1. The Morgan fingerprint density at radius 1 is 1.24 bits per heavy atom. The summed E-state index contributed by atoms with van der Waals surface area (Å²) < 4.78 is 21.3. The fourth-order valence-electron chi connectivity index (χ4n) is 4.64. The molecule has 2 heterocycles. The number of carbonyl (C=O) groups is 1. The Morgan fingerprint density at radius 3 is 2.82 bits per heavy atom. The summed E-state index contributed by atoms with van der Waals surface area (Å²) in [5, 5.41) is 13.0. The maximum absolute atomic E-state index is 15.4. The van der Waals surface area contributed by atoms with Crippen LogP contribution in [0.4, 0.5) is 4.39 Å². The van der Waals surface area contributed by atoms with Crippen LogP contribution in [0.3, 0.4) is 0 Å². The minimum Gasteiger partial charge on any atom is -0.492 e. The number of nitrogens with one attached hydrogen (secondary N) is 2. The quantitative estimate of drug-likeness (QED) is 0.520. The van der Waals surface area contributed by atoms with Crippen LogP contribution in [0.5, 0.6) is 5.75 Å². The van der Waals surface area contributed by atoms with Crippen LogP contribution in [0, 0.1) is 25.6 Å². The van der Waals surface area contributed by atoms with Gasteiger partial charge in [-0.25, -0.2) is 14.4 Å². The second-order valence-electron chi connectivity index (χ2n) is 9.39. The lowest BCUT2D eigenvalue weighted by Crippen LogP contribution is -2.39. The molecule has 174 valence electrons. The van der Waals surface area contributed by atoms with Crippen molar-refractivity contribution in [1.29, 1.82) is 0 Å². The van der Waals surface area contributed by atoms with Crippen molar-refractivity contribution in [2.45, 2.75) is 64.5 Å². The highest BCUT2D eigenvalue weighted by Crippen LogP contribution is 2.39. The normalized spacial score (nSPS) is 20.7. The molecule has 8 heteroatoms. The number of benzene rings is 1. The van der Waals surface area contributed by atoms with E-state index in [1.165, 1.54) is 6.33 Å². The van der Waals surface area contributed by atoms with E-state index in [2.05, 4.69) is 20.3 Å². The Labute approximate surface area is 191 Å². The first-order valence-electron chi connectivity index (χ1n) is 11.7. The van der Waals surface area contributed by atoms with Crippen LogP contribution in [0.1, 0.15) is 60.1 Å². The van der Waals surface area contributed by atoms with Gasteiger partial charge in [0, 0.05) is 11.7 Å². The van der Waals surface area contributed by atoms with Crippen molar-refractivity contribution >= 4 is 16.9 Å². The molecule has 5 rings (SSSR count). The van der Waals surface area contributed by atoms with Gasteiger partial charge in [-0.15, -0.1) is 0 Å². The number of carbonyl (C=O) groups excluding carboxylic acids is 1. The lowest BCUT2D eigenvalue weighted by Gasteiger charge is -2.26. The highest BCUT2D eigenvalue weighted by Gasteiger charge is 2.28. The summed E-state index contributed by atoms with van der Waals surface area (Å²) in [5.74, 6) is 0.323. The average Bonchev–Trinajstić information content (AvgIpc) is 3.54. The van der Waals surface area contributed by atoms with E-state index >= 15 is 4.39 Å². The molecular weight excluding hydrogens is 423 g/mol. The summed E-state index contributed by atoms with van der Waals surface area (Å²) in [6.45, 7) is 4.06. The number of aryl methyl sites for hydroxylation is 2. The number of aliphatic hydroxyl groups excluding tert-OH is 1. The van der Waals surface area contributed by atoms with Crippen molar-refractivity contribution < 1.29 is 19.0 Å². The SMILES string of the molecule is Cc1ccc(OCC2CC2)c(-c2ncnc3c(C(=O)N[C@@H]4CCC[C@@H](O)C4)c(C)[nH]c23)c1F. The molecule has 33 heavy (non-hydrogen) atoms. The van der Waals surface area contributed by atoms with Gasteiger partial charge in [-0.05, 0) is 69.9 Å². The molecule has 0 saturated heterocycles. The number of aliphatic hydroxyl groups is 1. The second kappa shape index (κ2) is 8.74. The molecule has 0 unspecified atom stereocenters. The lowest BCUT2D eigenvalue weighted by atomic mass is 9.93. The maximum atomic E-state index is 15.4. The number of hydrogen-bond donors (Lipinski definition) is 3. The smallest absolute Gasteiger partial charge is 0.255 e. The largest absolute Gasteiger partial charge is 0.492 e. The molecule has 1 amide bonds. The number of fused-ring (bicyclic) bond motifs is 1. The van der Waals surface area contributed by atoms with Crippen molar-refractivity contribution in [2.75, 3.05) is 6.61 Å². The Bertz CT molecular complexity index is 1200. The van der Waals surface area contributed by atoms with Gasteiger partial charge >= 0.3 is 0 Å². The fraction of sp³-hybridized carbons (Fsp3) is 0.480. The molecule has 2 aliphatic rings. The van der Waals surface area contributed by atoms with E-state index in [4.69, 9.17) is 4.74 Å². The van der Waals surface area contributed by atoms with Crippen molar-refractivity contribution in [3.63, 3.8) is 0 Å². The summed E-state index contributed by atoms with van der Waals surface area (Å²) in [6.07, 6.45) is 6.26. The van der Waals surface area contributed by atoms with Crippen LogP contribution in [0.25, 0.3) is 22.3 Å². The van der Waals surface area contributed by atoms with Crippen LogP contribution < -0.4 is 10.1 Å². The first-order chi connectivity index (χ1) is 15.9. The number of halogens is 1. The molecule has 2 aliphatic carbocycles. The maximum Gasteiger partial charge on any atom is 0.255 e. The van der Waals surface area contributed by atoms with Gasteiger partial charge < -0.3 is 20.1 Å². The van der Waals surface area contributed by atoms with Crippen molar-refractivity contribution in [3.8, 4) is 17.0 Å². The van der Waals surface area contributed by atoms with Crippen LogP contribution in [-0.4, -0.2) is 44.7 Å². The number of amides is 1. The first-order valence-corrected chi connectivity index (χ1v) is 11.7. The third-order valence-corrected chi connectivity index (χ3v) is 6.69. The van der Waals surface area contributed by atoms with Gasteiger partial charge in [0.15, 0.2) is 0 Å². The van der Waals surface area contributed by atoms with Crippen molar-refractivity contribution in [1.82, 2.24) is 20.3 Å². The zero-order valence-electron chi connectivity index (χ0n) is 18.9. The summed E-state index contributed by atoms with van der Waals surface area (Å²) in [7, 11) is 0. The van der Waals surface area contributed by atoms with E-state index < -0.39 is 5.82 Å². The number of H-pyrrole nitrogens is 1. The number of rotatable bonds is 6. The highest BCUT2D eigenvalue weighted by molar-refractivity contribution is 6.09. The molecule has 1 aromatic carbocycles. The average molecular weight is 453 g/mol. The number of aromatic nitrogens is 3. The van der Waals surface area contributed by atoms with E-state index in [-0.39, 0.29) is 23.6 Å². The van der Waals surface area contributed by atoms with Gasteiger partial charge in [-0.1, -0.05) is 6.07 Å². The molecule has 2 atom stereocenters. The molecule has 0 aliphatic heterocycles. The monoisotopic (exact) mass is 452 g/mol. The second-order valence-corrected chi connectivity index (χ2v) is 9.39. The van der Waals surface area contributed by atoms with Crippen molar-refractivity contribution in [3.05, 3.63) is 41.1 Å². The van der Waals surface area contributed by atoms with Crippen molar-refractivity contribution in [2.24, 2.45) is 5.92 Å². The topological polar surface area (TPSA) is 100 Å². The first kappa shape index (κ1) is 21.8. The van der Waals surface area contributed by atoms with E-state index in [1.54, 1.807) is 26.0 Å². The molecule has 0 spiro atoms. The highest BCUT2D eigenvalue weighted by atomic mass is 19.1. The number of aromatic amines is 1. The predicted molar refractivity (Wildman–Crippen MR) is 123 cm³/mol. The van der Waals surface area contributed by atoms with Gasteiger partial charge in [0.25, 0.3) is 5.91 Å². The summed E-state index contributed by atoms with van der Waals surface area (Å²) >= 11 is 0. The Morgan fingerprint density at radius 2 is 2.06 bits per heavy atom. The van der Waals surface area contributed by atoms with Gasteiger partial charge in [0.2, 0.25) is 0 Å². The molecule has 3 aromatic rings. The Balaban J connectivity index is 1.54. The minimum atomic E-state index is -0.391. The number of nitrogens with zero attached hydrogens (tertiary/aromatic N) is 2. The molecule has 2 saturated carbocycles. The van der Waals surface area contributed by atoms with Gasteiger partial charge in [-0.2, -0.15) is 0 Å². The van der Waals surface area contributed by atoms with E-state index in [0.29, 0.717) is 58.2 Å². The van der Waals surface area contributed by atoms with E-state index in [1.807, 2.05) is 0 Å². The zero-order valence-corrected chi connectivity index (χ0v) is 18.9. The molecule has 2 aromatic heterocycles. The lowest BCUT2D eigenvalue weighted by molar-refractivity contribution is 0.0850. The molecular formula is C25H29FN4O3. The van der Waals surface area contributed by atoms with Crippen LogP contribution in [0.2, 0.25) is 0 Å². The molecule has 0 radical (unpaired) electrons. The Kier molecular flexibility index (Phi) is 5.78. The molecule has 7 nitrogen and oxygen atoms in total. The predicted octanol–water partition coefficient (Wildman–Crippen LogP) is 4.20. The third-order valence-electron chi connectivity index (χ3n) is 6.69. The van der Waals surface area contributed by atoms with Gasteiger partial charge in [0.05, 0.1) is 29.4 Å². The standard InChI is InChI=1S/C25H29FN4O3/c1-13-6-9-18(33-11-15-7-8-15)20(21(13)26)23-24-22(27-12-28-23)19(14(2)29-24)25(32)30-16-4-3-5-17(31)10-16/h6,9,12,15-17,29,31H,3-5,7-8,10-11H2,1-2H3,(H,30,32)/t16-,17-/m1/s1. The molecule has 3 N–H and O–H groups in total. The van der Waals surface area contributed by atoms with Gasteiger partial charge in [-0.3, -0.25) is 4.79 Å². The summed E-state index contributed by atoms with van der Waals surface area (Å²) in [4.78, 5) is 25.1.